The Morgan fingerprint density at radius 3 is 2.53 bits per heavy atom. The number of rotatable bonds is 8. The van der Waals surface area contributed by atoms with Gasteiger partial charge in [-0.25, -0.2) is 4.39 Å². The molecule has 0 aliphatic heterocycles. The van der Waals surface area contributed by atoms with Gasteiger partial charge in [-0.05, 0) is 42.7 Å². The Morgan fingerprint density at radius 1 is 1.09 bits per heavy atom. The van der Waals surface area contributed by atoms with Crippen LogP contribution in [-0.4, -0.2) is 45.3 Å². The molecule has 0 atom stereocenters. The Bertz CT molecular complexity index is 1100. The maximum absolute atomic E-state index is 14.5. The molecule has 0 aliphatic carbocycles. The lowest BCUT2D eigenvalue weighted by atomic mass is 10.00. The number of carbonyl (C=O) groups excluding carboxylic acids is 1. The van der Waals surface area contributed by atoms with E-state index in [-0.39, 0.29) is 17.3 Å². The van der Waals surface area contributed by atoms with E-state index < -0.39 is 25.2 Å². The predicted molar refractivity (Wildman–Crippen MR) is 121 cm³/mol. The monoisotopic (exact) mass is 438 g/mol. The molecule has 2 aromatic heterocycles. The average molecular weight is 439 g/mol. The number of nitrogens with zero attached hydrogens (tertiary/aromatic N) is 2. The summed E-state index contributed by atoms with van der Waals surface area (Å²) in [5, 5.41) is 24.4. The first-order valence-corrected chi connectivity index (χ1v) is 10.3. The fourth-order valence-corrected chi connectivity index (χ4v) is 3.26. The van der Waals surface area contributed by atoms with Crippen molar-refractivity contribution in [2.45, 2.75) is 32.7 Å². The number of pyridine rings is 2. The lowest BCUT2D eigenvalue weighted by Gasteiger charge is -2.19. The van der Waals surface area contributed by atoms with Gasteiger partial charge in [-0.1, -0.05) is 25.5 Å². The van der Waals surface area contributed by atoms with Gasteiger partial charge in [-0.15, -0.1) is 0 Å². The van der Waals surface area contributed by atoms with Crippen molar-refractivity contribution in [3.8, 4) is 11.3 Å². The summed E-state index contributed by atoms with van der Waals surface area (Å²) in [5.41, 5.74) is 4.09. The summed E-state index contributed by atoms with van der Waals surface area (Å²) in [6, 6.07) is 7.50. The van der Waals surface area contributed by atoms with Crippen LogP contribution in [0.25, 0.3) is 11.3 Å². The summed E-state index contributed by atoms with van der Waals surface area (Å²) in [6.07, 6.45) is 4.66. The minimum atomic E-state index is -0.779. The SMILES string of the molecule is Cc1ccc(F)c(-c2cc(Nc3ccncc3C(=O)NC(CO)CO)c(C(C)C)cn2)c1. The molecule has 0 saturated carbocycles. The number of hydrogen-bond donors (Lipinski definition) is 4. The van der Waals surface area contributed by atoms with Crippen molar-refractivity contribution in [2.75, 3.05) is 18.5 Å². The quantitative estimate of drug-likeness (QED) is 0.429. The van der Waals surface area contributed by atoms with E-state index in [1.165, 1.54) is 12.3 Å². The highest BCUT2D eigenvalue weighted by Gasteiger charge is 2.18. The van der Waals surface area contributed by atoms with Crippen LogP contribution >= 0.6 is 0 Å². The van der Waals surface area contributed by atoms with E-state index in [0.29, 0.717) is 22.6 Å². The van der Waals surface area contributed by atoms with Crippen molar-refractivity contribution >= 4 is 17.3 Å². The van der Waals surface area contributed by atoms with Gasteiger partial charge in [0.1, 0.15) is 5.82 Å². The molecule has 1 aromatic carbocycles. The van der Waals surface area contributed by atoms with E-state index in [9.17, 15) is 19.4 Å². The molecule has 0 fully saturated rings. The third-order valence-electron chi connectivity index (χ3n) is 5.07. The standard InChI is InChI=1S/C24H27FN4O3/c1-14(2)18-11-27-22(17-8-15(3)4-5-20(17)25)9-23(18)29-21-6-7-26-10-19(21)24(32)28-16(12-30)13-31/h4-11,14,16,30-31H,12-13H2,1-3H3,(H,28,32)(H,26,27,29). The van der Waals surface area contributed by atoms with Crippen LogP contribution in [0.2, 0.25) is 0 Å². The zero-order valence-electron chi connectivity index (χ0n) is 18.3. The maximum Gasteiger partial charge on any atom is 0.255 e. The fourth-order valence-electron chi connectivity index (χ4n) is 3.26. The number of benzene rings is 1. The first kappa shape index (κ1) is 23.3. The molecule has 1 amide bonds. The lowest BCUT2D eigenvalue weighted by molar-refractivity contribution is 0.0880. The van der Waals surface area contributed by atoms with Crippen molar-refractivity contribution in [1.29, 1.82) is 0 Å². The molecule has 0 radical (unpaired) electrons. The molecule has 2 heterocycles. The van der Waals surface area contributed by atoms with Gasteiger partial charge >= 0.3 is 0 Å². The number of halogens is 1. The second kappa shape index (κ2) is 10.3. The van der Waals surface area contributed by atoms with Gasteiger partial charge in [0.2, 0.25) is 0 Å². The maximum atomic E-state index is 14.5. The summed E-state index contributed by atoms with van der Waals surface area (Å²) >= 11 is 0. The Balaban J connectivity index is 2.02. The number of aryl methyl sites for hydroxylation is 1. The molecule has 32 heavy (non-hydrogen) atoms. The van der Waals surface area contributed by atoms with Crippen LogP contribution < -0.4 is 10.6 Å². The Hall–Kier alpha value is -3.36. The van der Waals surface area contributed by atoms with Gasteiger partial charge in [-0.3, -0.25) is 14.8 Å². The van der Waals surface area contributed by atoms with Crippen LogP contribution in [0.3, 0.4) is 0 Å². The third kappa shape index (κ3) is 5.27. The van der Waals surface area contributed by atoms with E-state index in [4.69, 9.17) is 0 Å². The first-order valence-electron chi connectivity index (χ1n) is 10.3. The number of aromatic nitrogens is 2. The highest BCUT2D eigenvalue weighted by molar-refractivity contribution is 6.00. The molecule has 8 heteroatoms. The zero-order valence-corrected chi connectivity index (χ0v) is 18.3. The molecular weight excluding hydrogens is 411 g/mol. The normalized spacial score (nSPS) is 11.1. The third-order valence-corrected chi connectivity index (χ3v) is 5.07. The van der Waals surface area contributed by atoms with Crippen LogP contribution in [0.4, 0.5) is 15.8 Å². The van der Waals surface area contributed by atoms with Gasteiger partial charge in [0, 0.05) is 29.8 Å². The highest BCUT2D eigenvalue weighted by Crippen LogP contribution is 2.32. The second-order valence-electron chi connectivity index (χ2n) is 7.88. The summed E-state index contributed by atoms with van der Waals surface area (Å²) < 4.78 is 14.5. The zero-order chi connectivity index (χ0) is 23.3. The number of hydrogen-bond acceptors (Lipinski definition) is 6. The van der Waals surface area contributed by atoms with Crippen molar-refractivity contribution < 1.29 is 19.4 Å². The van der Waals surface area contributed by atoms with Gasteiger partial charge < -0.3 is 20.8 Å². The minimum Gasteiger partial charge on any atom is -0.394 e. The highest BCUT2D eigenvalue weighted by atomic mass is 19.1. The lowest BCUT2D eigenvalue weighted by Crippen LogP contribution is -2.40. The number of nitrogens with one attached hydrogen (secondary N) is 2. The van der Waals surface area contributed by atoms with Crippen molar-refractivity contribution in [2.24, 2.45) is 0 Å². The van der Waals surface area contributed by atoms with Crippen molar-refractivity contribution in [1.82, 2.24) is 15.3 Å². The van der Waals surface area contributed by atoms with E-state index in [2.05, 4.69) is 20.6 Å². The summed E-state index contributed by atoms with van der Waals surface area (Å²) in [5.74, 6) is -0.734. The van der Waals surface area contributed by atoms with Crippen molar-refractivity contribution in [3.63, 3.8) is 0 Å². The molecule has 0 bridgehead atoms. The number of aliphatic hydroxyl groups excluding tert-OH is 2. The molecule has 7 nitrogen and oxygen atoms in total. The molecular formula is C24H27FN4O3. The number of aliphatic hydroxyl groups is 2. The van der Waals surface area contributed by atoms with Crippen LogP contribution in [-0.2, 0) is 0 Å². The topological polar surface area (TPSA) is 107 Å². The smallest absolute Gasteiger partial charge is 0.255 e. The van der Waals surface area contributed by atoms with Crippen LogP contribution in [0.15, 0.2) is 48.9 Å². The largest absolute Gasteiger partial charge is 0.394 e. The van der Waals surface area contributed by atoms with Gasteiger partial charge in [0.15, 0.2) is 0 Å². The van der Waals surface area contributed by atoms with E-state index >= 15 is 0 Å². The van der Waals surface area contributed by atoms with Crippen LogP contribution in [0.5, 0.6) is 0 Å². The molecule has 3 rings (SSSR count). The van der Waals surface area contributed by atoms with Crippen molar-refractivity contribution in [3.05, 3.63) is 71.4 Å². The first-order chi connectivity index (χ1) is 15.3. The van der Waals surface area contributed by atoms with E-state index in [1.54, 1.807) is 36.7 Å². The molecule has 168 valence electrons. The fraction of sp³-hybridized carbons (Fsp3) is 0.292. The molecule has 0 saturated heterocycles. The van der Waals surface area contributed by atoms with Gasteiger partial charge in [0.25, 0.3) is 5.91 Å². The molecule has 4 N–H and O–H groups in total. The summed E-state index contributed by atoms with van der Waals surface area (Å²) in [7, 11) is 0. The predicted octanol–water partition coefficient (Wildman–Crippen LogP) is 3.54. The van der Waals surface area contributed by atoms with Gasteiger partial charge in [-0.2, -0.15) is 0 Å². The number of carbonyl (C=O) groups is 1. The van der Waals surface area contributed by atoms with E-state index in [1.807, 2.05) is 20.8 Å². The minimum absolute atomic E-state index is 0.119. The van der Waals surface area contributed by atoms with Crippen LogP contribution in [0, 0.1) is 12.7 Å². The molecule has 0 unspecified atom stereocenters. The van der Waals surface area contributed by atoms with E-state index in [0.717, 1.165) is 11.1 Å². The number of amides is 1. The van der Waals surface area contributed by atoms with Gasteiger partial charge in [0.05, 0.1) is 36.2 Å². The molecule has 0 spiro atoms. The Labute approximate surface area is 186 Å². The second-order valence-corrected chi connectivity index (χ2v) is 7.88. The number of anilines is 2. The Kier molecular flexibility index (Phi) is 7.50. The summed E-state index contributed by atoms with van der Waals surface area (Å²) in [6.45, 7) is 5.14. The molecule has 3 aromatic rings. The summed E-state index contributed by atoms with van der Waals surface area (Å²) in [4.78, 5) is 21.2. The Morgan fingerprint density at radius 2 is 1.84 bits per heavy atom. The molecule has 0 aliphatic rings. The average Bonchev–Trinajstić information content (AvgIpc) is 2.79. The van der Waals surface area contributed by atoms with Crippen LogP contribution in [0.1, 0.15) is 41.3 Å².